The lowest BCUT2D eigenvalue weighted by molar-refractivity contribution is -0.140. The van der Waals surface area contributed by atoms with Crippen LogP contribution in [0.25, 0.3) is 0 Å². The fraction of sp³-hybridized carbons (Fsp3) is 0.875. The molecule has 0 aromatic rings. The van der Waals surface area contributed by atoms with E-state index in [0.717, 1.165) is 31.6 Å². The molecule has 21 heavy (non-hydrogen) atoms. The van der Waals surface area contributed by atoms with Crippen LogP contribution in [0.5, 0.6) is 0 Å². The highest BCUT2D eigenvalue weighted by atomic mass is 16.4. The molecule has 120 valence electrons. The number of carbonyl (C=O) groups excluding carboxylic acids is 1. The zero-order chi connectivity index (χ0) is 15.3. The lowest BCUT2D eigenvalue weighted by Crippen LogP contribution is -2.45. The molecular formula is C16H28N2O3. The summed E-state index contributed by atoms with van der Waals surface area (Å²) >= 11 is 0. The summed E-state index contributed by atoms with van der Waals surface area (Å²) in [7, 11) is 0. The molecule has 0 saturated heterocycles. The highest BCUT2D eigenvalue weighted by Crippen LogP contribution is 2.39. The van der Waals surface area contributed by atoms with Crippen molar-refractivity contribution in [3.05, 3.63) is 0 Å². The molecule has 2 fully saturated rings. The zero-order valence-electron chi connectivity index (χ0n) is 13.0. The molecule has 0 spiro atoms. The number of carboxylic acid groups (broad SMARTS) is 1. The van der Waals surface area contributed by atoms with Crippen LogP contribution in [-0.4, -0.2) is 30.2 Å². The molecular weight excluding hydrogens is 268 g/mol. The van der Waals surface area contributed by atoms with Gasteiger partial charge in [-0.3, -0.25) is 4.79 Å². The van der Waals surface area contributed by atoms with Gasteiger partial charge in [-0.15, -0.1) is 0 Å². The Labute approximate surface area is 126 Å². The SMILES string of the molecule is CC(CNC(=O)NCC1(CC(=O)O)CCCCC1)C1CC1. The maximum absolute atomic E-state index is 11.9. The summed E-state index contributed by atoms with van der Waals surface area (Å²) in [5.74, 6) is 0.557. The highest BCUT2D eigenvalue weighted by Gasteiger charge is 2.35. The summed E-state index contributed by atoms with van der Waals surface area (Å²) in [4.78, 5) is 23.0. The molecule has 2 aliphatic carbocycles. The van der Waals surface area contributed by atoms with Crippen molar-refractivity contribution in [3.8, 4) is 0 Å². The van der Waals surface area contributed by atoms with Crippen molar-refractivity contribution in [1.29, 1.82) is 0 Å². The Morgan fingerprint density at radius 3 is 2.43 bits per heavy atom. The van der Waals surface area contributed by atoms with Crippen molar-refractivity contribution < 1.29 is 14.7 Å². The van der Waals surface area contributed by atoms with Gasteiger partial charge in [0.1, 0.15) is 0 Å². The van der Waals surface area contributed by atoms with Crippen LogP contribution in [0.1, 0.15) is 58.3 Å². The second-order valence-electron chi connectivity index (χ2n) is 7.01. The average Bonchev–Trinajstić information content (AvgIpc) is 3.27. The molecule has 0 radical (unpaired) electrons. The Bertz CT molecular complexity index is 374. The van der Waals surface area contributed by atoms with Crippen molar-refractivity contribution in [3.63, 3.8) is 0 Å². The number of rotatable bonds is 7. The van der Waals surface area contributed by atoms with Gasteiger partial charge in [0.25, 0.3) is 0 Å². The van der Waals surface area contributed by atoms with Gasteiger partial charge in [-0.05, 0) is 42.9 Å². The molecule has 0 aromatic heterocycles. The highest BCUT2D eigenvalue weighted by molar-refractivity contribution is 5.74. The van der Waals surface area contributed by atoms with Crippen molar-refractivity contribution >= 4 is 12.0 Å². The maximum atomic E-state index is 11.9. The molecule has 2 rings (SSSR count). The second-order valence-corrected chi connectivity index (χ2v) is 7.01. The Kier molecular flexibility index (Phi) is 5.48. The molecule has 5 nitrogen and oxygen atoms in total. The van der Waals surface area contributed by atoms with Gasteiger partial charge in [-0.1, -0.05) is 26.2 Å². The van der Waals surface area contributed by atoms with E-state index in [0.29, 0.717) is 19.0 Å². The van der Waals surface area contributed by atoms with Gasteiger partial charge in [0.2, 0.25) is 0 Å². The van der Waals surface area contributed by atoms with Crippen molar-refractivity contribution in [1.82, 2.24) is 10.6 Å². The van der Waals surface area contributed by atoms with E-state index in [9.17, 15) is 9.59 Å². The number of carbonyl (C=O) groups is 2. The molecule has 2 amide bonds. The summed E-state index contributed by atoms with van der Waals surface area (Å²) in [6, 6.07) is -0.155. The van der Waals surface area contributed by atoms with Gasteiger partial charge in [0.15, 0.2) is 0 Å². The van der Waals surface area contributed by atoms with Crippen LogP contribution in [-0.2, 0) is 4.79 Å². The summed E-state index contributed by atoms with van der Waals surface area (Å²) < 4.78 is 0. The van der Waals surface area contributed by atoms with Gasteiger partial charge < -0.3 is 15.7 Å². The lowest BCUT2D eigenvalue weighted by atomic mass is 9.72. The number of urea groups is 1. The number of hydrogen-bond acceptors (Lipinski definition) is 2. The molecule has 0 bridgehead atoms. The molecule has 0 heterocycles. The molecule has 0 aliphatic heterocycles. The minimum Gasteiger partial charge on any atom is -0.481 e. The van der Waals surface area contributed by atoms with E-state index in [2.05, 4.69) is 17.6 Å². The minimum atomic E-state index is -0.763. The second kappa shape index (κ2) is 7.14. The normalized spacial score (nSPS) is 22.3. The van der Waals surface area contributed by atoms with Gasteiger partial charge in [0.05, 0.1) is 6.42 Å². The third-order valence-electron chi connectivity index (χ3n) is 5.08. The zero-order valence-corrected chi connectivity index (χ0v) is 13.0. The fourth-order valence-electron chi connectivity index (χ4n) is 3.45. The largest absolute Gasteiger partial charge is 0.481 e. The van der Waals surface area contributed by atoms with E-state index in [1.807, 2.05) is 0 Å². The number of amides is 2. The molecule has 1 unspecified atom stereocenters. The quantitative estimate of drug-likeness (QED) is 0.676. The summed E-state index contributed by atoms with van der Waals surface area (Å²) in [5.41, 5.74) is -0.246. The monoisotopic (exact) mass is 296 g/mol. The van der Waals surface area contributed by atoms with Gasteiger partial charge in [0, 0.05) is 13.1 Å². The van der Waals surface area contributed by atoms with Crippen LogP contribution in [0.15, 0.2) is 0 Å². The first kappa shape index (κ1) is 16.1. The predicted molar refractivity (Wildman–Crippen MR) is 81.1 cm³/mol. The first-order valence-electron chi connectivity index (χ1n) is 8.24. The number of carboxylic acids is 1. The van der Waals surface area contributed by atoms with E-state index in [4.69, 9.17) is 5.11 Å². The standard InChI is InChI=1S/C16H28N2O3/c1-12(13-5-6-13)10-17-15(21)18-11-16(9-14(19)20)7-3-2-4-8-16/h12-13H,2-11H2,1H3,(H,19,20)(H2,17,18,21). The predicted octanol–water partition coefficient (Wildman–Crippen LogP) is 2.76. The van der Waals surface area contributed by atoms with E-state index >= 15 is 0 Å². The van der Waals surface area contributed by atoms with Crippen molar-refractivity contribution in [2.45, 2.75) is 58.3 Å². The smallest absolute Gasteiger partial charge is 0.314 e. The van der Waals surface area contributed by atoms with Crippen LogP contribution in [0.2, 0.25) is 0 Å². The molecule has 3 N–H and O–H groups in total. The lowest BCUT2D eigenvalue weighted by Gasteiger charge is -2.36. The first-order valence-corrected chi connectivity index (χ1v) is 8.24. The molecule has 2 aliphatic rings. The number of aliphatic carboxylic acids is 1. The summed E-state index contributed by atoms with van der Waals surface area (Å²) in [5, 5.41) is 14.9. The Hall–Kier alpha value is -1.26. The fourth-order valence-corrected chi connectivity index (χ4v) is 3.45. The van der Waals surface area contributed by atoms with Crippen molar-refractivity contribution in [2.24, 2.45) is 17.3 Å². The summed E-state index contributed by atoms with van der Waals surface area (Å²) in [6.45, 7) is 3.36. The molecule has 2 saturated carbocycles. The van der Waals surface area contributed by atoms with Gasteiger partial charge in [-0.25, -0.2) is 4.79 Å². The van der Waals surface area contributed by atoms with Crippen LogP contribution in [0, 0.1) is 17.3 Å². The van der Waals surface area contributed by atoms with Crippen LogP contribution >= 0.6 is 0 Å². The molecule has 5 heteroatoms. The number of hydrogen-bond donors (Lipinski definition) is 3. The van der Waals surface area contributed by atoms with Gasteiger partial charge >= 0.3 is 12.0 Å². The Morgan fingerprint density at radius 1 is 1.19 bits per heavy atom. The Balaban J connectivity index is 1.74. The minimum absolute atomic E-state index is 0.155. The molecule has 1 atom stereocenters. The van der Waals surface area contributed by atoms with E-state index in [1.54, 1.807) is 0 Å². The summed E-state index contributed by atoms with van der Waals surface area (Å²) in [6.07, 6.45) is 7.83. The third-order valence-corrected chi connectivity index (χ3v) is 5.08. The Morgan fingerprint density at radius 2 is 1.86 bits per heavy atom. The van der Waals surface area contributed by atoms with Crippen LogP contribution < -0.4 is 10.6 Å². The van der Waals surface area contributed by atoms with Crippen LogP contribution in [0.4, 0.5) is 4.79 Å². The van der Waals surface area contributed by atoms with E-state index in [-0.39, 0.29) is 17.9 Å². The first-order chi connectivity index (χ1) is 10.0. The number of nitrogens with one attached hydrogen (secondary N) is 2. The maximum Gasteiger partial charge on any atom is 0.314 e. The topological polar surface area (TPSA) is 78.4 Å². The molecule has 0 aromatic carbocycles. The van der Waals surface area contributed by atoms with E-state index in [1.165, 1.54) is 19.3 Å². The van der Waals surface area contributed by atoms with Gasteiger partial charge in [-0.2, -0.15) is 0 Å². The van der Waals surface area contributed by atoms with E-state index < -0.39 is 5.97 Å². The third kappa shape index (κ3) is 5.21. The van der Waals surface area contributed by atoms with Crippen LogP contribution in [0.3, 0.4) is 0 Å². The van der Waals surface area contributed by atoms with Crippen molar-refractivity contribution in [2.75, 3.05) is 13.1 Å². The average molecular weight is 296 g/mol.